The Labute approximate surface area is 193 Å². The zero-order valence-corrected chi connectivity index (χ0v) is 20.8. The Bertz CT molecular complexity index is 966. The van der Waals surface area contributed by atoms with Gasteiger partial charge in [0, 0.05) is 19.0 Å². The number of nitrogens with two attached hydrogens (primary N) is 1. The van der Waals surface area contributed by atoms with Gasteiger partial charge in [-0.05, 0) is 41.1 Å². The average Bonchev–Trinajstić information content (AvgIpc) is 3.16. The van der Waals surface area contributed by atoms with Crippen molar-refractivity contribution in [2.45, 2.75) is 70.1 Å². The fourth-order valence-corrected chi connectivity index (χ4v) is 9.67. The van der Waals surface area contributed by atoms with E-state index in [9.17, 15) is 0 Å². The summed E-state index contributed by atoms with van der Waals surface area (Å²) in [6.45, 7) is 7.34. The first-order valence-electron chi connectivity index (χ1n) is 11.7. The van der Waals surface area contributed by atoms with Crippen LogP contribution < -0.4 is 16.1 Å². The van der Waals surface area contributed by atoms with Gasteiger partial charge in [0.05, 0.1) is 6.61 Å². The molecule has 0 aliphatic heterocycles. The van der Waals surface area contributed by atoms with Crippen molar-refractivity contribution in [1.82, 2.24) is 14.8 Å². The van der Waals surface area contributed by atoms with Crippen LogP contribution in [0.15, 0.2) is 60.7 Å². The van der Waals surface area contributed by atoms with Gasteiger partial charge >= 0.3 is 0 Å². The highest BCUT2D eigenvalue weighted by Crippen LogP contribution is 2.37. The fourth-order valence-electron chi connectivity index (χ4n) is 5.17. The van der Waals surface area contributed by atoms with Crippen molar-refractivity contribution < 1.29 is 4.43 Å². The summed E-state index contributed by atoms with van der Waals surface area (Å²) in [6, 6.07) is 21.8. The molecule has 5 nitrogen and oxygen atoms in total. The zero-order chi connectivity index (χ0) is 22.8. The van der Waals surface area contributed by atoms with Gasteiger partial charge < -0.3 is 14.7 Å². The lowest BCUT2D eigenvalue weighted by Crippen LogP contribution is -2.66. The van der Waals surface area contributed by atoms with Crippen LogP contribution in [-0.2, 0) is 18.1 Å². The van der Waals surface area contributed by atoms with E-state index in [2.05, 4.69) is 103 Å². The van der Waals surface area contributed by atoms with Crippen molar-refractivity contribution >= 4 is 18.7 Å². The van der Waals surface area contributed by atoms with Crippen LogP contribution in [0.4, 0.5) is 0 Å². The fraction of sp³-hybridized carbons (Fsp3) is 0.462. The largest absolute Gasteiger partial charge is 0.400 e. The van der Waals surface area contributed by atoms with Gasteiger partial charge in [0.15, 0.2) is 5.82 Å². The second kappa shape index (κ2) is 9.30. The molecule has 1 saturated carbocycles. The molecule has 3 aromatic rings. The first-order valence-corrected chi connectivity index (χ1v) is 13.6. The van der Waals surface area contributed by atoms with Gasteiger partial charge in [0.2, 0.25) is 0 Å². The van der Waals surface area contributed by atoms with Crippen molar-refractivity contribution in [2.24, 2.45) is 12.8 Å². The van der Waals surface area contributed by atoms with Crippen LogP contribution in [0.25, 0.3) is 0 Å². The third-order valence-electron chi connectivity index (χ3n) is 6.97. The van der Waals surface area contributed by atoms with Crippen molar-refractivity contribution in [2.75, 3.05) is 0 Å². The molecule has 1 fully saturated rings. The molecule has 4 rings (SSSR count). The van der Waals surface area contributed by atoms with Crippen molar-refractivity contribution in [1.29, 1.82) is 0 Å². The van der Waals surface area contributed by atoms with Crippen LogP contribution in [0.3, 0.4) is 0 Å². The smallest absolute Gasteiger partial charge is 0.261 e. The summed E-state index contributed by atoms with van der Waals surface area (Å²) >= 11 is 0. The van der Waals surface area contributed by atoms with E-state index in [0.717, 1.165) is 37.3 Å². The Balaban J connectivity index is 1.68. The Hall–Kier alpha value is -2.28. The van der Waals surface area contributed by atoms with Crippen molar-refractivity contribution in [3.8, 4) is 0 Å². The third-order valence-corrected chi connectivity index (χ3v) is 12.0. The molecular formula is C26H36N4OSi. The van der Waals surface area contributed by atoms with Gasteiger partial charge in [0.1, 0.15) is 5.82 Å². The number of hydrogen-bond donors (Lipinski definition) is 1. The van der Waals surface area contributed by atoms with Gasteiger partial charge in [-0.25, -0.2) is 0 Å². The topological polar surface area (TPSA) is 66.0 Å². The van der Waals surface area contributed by atoms with Crippen LogP contribution in [0.5, 0.6) is 0 Å². The number of hydrogen-bond acceptors (Lipinski definition) is 4. The summed E-state index contributed by atoms with van der Waals surface area (Å²) in [7, 11) is -0.515. The minimum Gasteiger partial charge on any atom is -0.400 e. The SMILES string of the molecule is Cn1c(CO[Si](c2ccccc2)(c2ccccc2)C(C)(C)C)nnc1C1CCC(N)CC1. The number of rotatable bonds is 6. The summed E-state index contributed by atoms with van der Waals surface area (Å²) in [5.41, 5.74) is 6.11. The number of aromatic nitrogens is 3. The lowest BCUT2D eigenvalue weighted by Gasteiger charge is -2.42. The zero-order valence-electron chi connectivity index (χ0n) is 19.8. The van der Waals surface area contributed by atoms with Gasteiger partial charge in [-0.3, -0.25) is 0 Å². The molecule has 0 radical (unpaired) electrons. The lowest BCUT2D eigenvalue weighted by molar-refractivity contribution is 0.271. The molecule has 0 amide bonds. The maximum atomic E-state index is 7.05. The predicted molar refractivity (Wildman–Crippen MR) is 133 cm³/mol. The molecule has 2 aromatic carbocycles. The number of benzene rings is 2. The summed E-state index contributed by atoms with van der Waals surface area (Å²) < 4.78 is 9.20. The Morgan fingerprint density at radius 1 is 0.906 bits per heavy atom. The second-order valence-corrected chi connectivity index (χ2v) is 14.4. The minimum atomic E-state index is -2.59. The Morgan fingerprint density at radius 2 is 1.44 bits per heavy atom. The third kappa shape index (κ3) is 4.31. The van der Waals surface area contributed by atoms with Crippen LogP contribution >= 0.6 is 0 Å². The molecule has 170 valence electrons. The first kappa shape index (κ1) is 22.9. The monoisotopic (exact) mass is 448 g/mol. The van der Waals surface area contributed by atoms with E-state index >= 15 is 0 Å². The van der Waals surface area contributed by atoms with Crippen LogP contribution in [0, 0.1) is 0 Å². The molecule has 2 N–H and O–H groups in total. The first-order chi connectivity index (χ1) is 15.3. The lowest BCUT2D eigenvalue weighted by atomic mass is 9.86. The van der Waals surface area contributed by atoms with Gasteiger partial charge in [-0.15, -0.1) is 10.2 Å². The standard InChI is InChI=1S/C26H36N4OSi/c1-26(2,3)32(22-11-7-5-8-12-22,23-13-9-6-10-14-23)31-19-24-28-29-25(30(24)4)20-15-17-21(27)18-16-20/h5-14,20-21H,15-19,27H2,1-4H3. The highest BCUT2D eigenvalue weighted by molar-refractivity contribution is 6.99. The molecule has 0 unspecified atom stereocenters. The van der Waals surface area contributed by atoms with Crippen molar-refractivity contribution in [3.63, 3.8) is 0 Å². The van der Waals surface area contributed by atoms with Gasteiger partial charge in [0.25, 0.3) is 8.32 Å². The average molecular weight is 449 g/mol. The van der Waals surface area contributed by atoms with Gasteiger partial charge in [-0.2, -0.15) is 0 Å². The maximum Gasteiger partial charge on any atom is 0.261 e. The van der Waals surface area contributed by atoms with E-state index in [1.807, 2.05) is 0 Å². The van der Waals surface area contributed by atoms with E-state index in [1.165, 1.54) is 10.4 Å². The molecule has 1 aliphatic rings. The highest BCUT2D eigenvalue weighted by Gasteiger charge is 2.50. The van der Waals surface area contributed by atoms with Crippen LogP contribution in [-0.4, -0.2) is 29.1 Å². The molecule has 1 heterocycles. The van der Waals surface area contributed by atoms with E-state index in [-0.39, 0.29) is 5.04 Å². The molecule has 6 heteroatoms. The Morgan fingerprint density at radius 3 is 1.94 bits per heavy atom. The highest BCUT2D eigenvalue weighted by atomic mass is 28.4. The van der Waals surface area contributed by atoms with Gasteiger partial charge in [-0.1, -0.05) is 81.4 Å². The van der Waals surface area contributed by atoms with E-state index in [0.29, 0.717) is 18.6 Å². The second-order valence-electron chi connectivity index (χ2n) is 10.1. The molecule has 0 bridgehead atoms. The maximum absolute atomic E-state index is 7.05. The normalized spacial score (nSPS) is 19.8. The van der Waals surface area contributed by atoms with E-state index in [4.69, 9.17) is 10.2 Å². The Kier molecular flexibility index (Phi) is 6.65. The molecule has 0 spiro atoms. The molecular weight excluding hydrogens is 412 g/mol. The van der Waals surface area contributed by atoms with E-state index in [1.54, 1.807) is 0 Å². The quantitative estimate of drug-likeness (QED) is 0.581. The molecule has 1 aromatic heterocycles. The molecule has 1 aliphatic carbocycles. The summed E-state index contributed by atoms with van der Waals surface area (Å²) in [6.07, 6.45) is 4.29. The van der Waals surface area contributed by atoms with Crippen LogP contribution in [0.1, 0.15) is 64.0 Å². The minimum absolute atomic E-state index is 0.0589. The van der Waals surface area contributed by atoms with Crippen molar-refractivity contribution in [3.05, 3.63) is 72.3 Å². The summed E-state index contributed by atoms with van der Waals surface area (Å²) in [4.78, 5) is 0. The van der Waals surface area contributed by atoms with E-state index < -0.39 is 8.32 Å². The van der Waals surface area contributed by atoms with Crippen LogP contribution in [0.2, 0.25) is 5.04 Å². The molecule has 0 saturated heterocycles. The molecule has 0 atom stereocenters. The predicted octanol–water partition coefficient (Wildman–Crippen LogP) is 3.88. The summed E-state index contributed by atoms with van der Waals surface area (Å²) in [5.74, 6) is 2.40. The number of nitrogens with zero attached hydrogens (tertiary/aromatic N) is 3. The molecule has 32 heavy (non-hydrogen) atoms. The summed E-state index contributed by atoms with van der Waals surface area (Å²) in [5, 5.41) is 11.6.